The van der Waals surface area contributed by atoms with Gasteiger partial charge >= 0.3 is 0 Å². The first-order chi connectivity index (χ1) is 12.3. The summed E-state index contributed by atoms with van der Waals surface area (Å²) in [5.41, 5.74) is 1.10. The second-order valence-corrected chi connectivity index (χ2v) is 5.41. The van der Waals surface area contributed by atoms with Gasteiger partial charge in [0, 0.05) is 29.9 Å². The van der Waals surface area contributed by atoms with Gasteiger partial charge in [-0.05, 0) is 24.3 Å². The summed E-state index contributed by atoms with van der Waals surface area (Å²) < 4.78 is 12.7. The summed E-state index contributed by atoms with van der Waals surface area (Å²) >= 11 is 0. The average Bonchev–Trinajstić information content (AvgIpc) is 3.08. The van der Waals surface area contributed by atoms with Gasteiger partial charge in [0.25, 0.3) is 5.91 Å². The molecule has 1 aliphatic rings. The highest BCUT2D eigenvalue weighted by atomic mass is 16.5. The van der Waals surface area contributed by atoms with Crippen LogP contribution in [0.3, 0.4) is 0 Å². The van der Waals surface area contributed by atoms with E-state index < -0.39 is 0 Å². The summed E-state index contributed by atoms with van der Waals surface area (Å²) in [4.78, 5) is 20.6. The van der Waals surface area contributed by atoms with Crippen LogP contribution in [0.25, 0.3) is 5.82 Å². The molecule has 3 heterocycles. The first-order valence-corrected chi connectivity index (χ1v) is 7.82. The molecule has 8 nitrogen and oxygen atoms in total. The quantitative estimate of drug-likeness (QED) is 0.787. The summed E-state index contributed by atoms with van der Waals surface area (Å²) in [6, 6.07) is 8.62. The second kappa shape index (κ2) is 6.60. The maximum Gasteiger partial charge on any atom is 0.255 e. The third-order valence-electron chi connectivity index (χ3n) is 3.67. The molecule has 0 unspecified atom stereocenters. The highest BCUT2D eigenvalue weighted by molar-refractivity contribution is 6.04. The van der Waals surface area contributed by atoms with Crippen molar-refractivity contribution in [3.05, 3.63) is 54.7 Å². The molecule has 1 aliphatic heterocycles. The molecular weight excluding hydrogens is 322 g/mol. The van der Waals surface area contributed by atoms with Gasteiger partial charge in [0.1, 0.15) is 12.7 Å². The van der Waals surface area contributed by atoms with Crippen LogP contribution in [-0.2, 0) is 0 Å². The van der Waals surface area contributed by atoms with E-state index in [1.807, 2.05) is 0 Å². The van der Waals surface area contributed by atoms with Gasteiger partial charge in [-0.15, -0.1) is 0 Å². The molecule has 0 saturated heterocycles. The van der Waals surface area contributed by atoms with E-state index in [1.165, 1.54) is 17.3 Å². The third kappa shape index (κ3) is 3.27. The van der Waals surface area contributed by atoms with Crippen molar-refractivity contribution < 1.29 is 14.3 Å². The molecule has 1 N–H and O–H groups in total. The van der Waals surface area contributed by atoms with Gasteiger partial charge in [-0.1, -0.05) is 0 Å². The van der Waals surface area contributed by atoms with Crippen molar-refractivity contribution in [3.8, 4) is 17.3 Å². The van der Waals surface area contributed by atoms with Crippen LogP contribution in [0, 0.1) is 0 Å². The Labute approximate surface area is 143 Å². The highest BCUT2D eigenvalue weighted by Gasteiger charge is 2.13. The van der Waals surface area contributed by atoms with Crippen molar-refractivity contribution >= 4 is 11.6 Å². The summed E-state index contributed by atoms with van der Waals surface area (Å²) in [7, 11) is 0. The van der Waals surface area contributed by atoms with E-state index in [-0.39, 0.29) is 5.91 Å². The number of pyridine rings is 1. The van der Waals surface area contributed by atoms with Gasteiger partial charge in [-0.3, -0.25) is 4.79 Å². The number of rotatable bonds is 3. The summed E-state index contributed by atoms with van der Waals surface area (Å²) in [5, 5.41) is 6.86. The van der Waals surface area contributed by atoms with Gasteiger partial charge in [0.15, 0.2) is 17.3 Å². The van der Waals surface area contributed by atoms with Crippen molar-refractivity contribution in [3.63, 3.8) is 0 Å². The Morgan fingerprint density at radius 3 is 2.84 bits per heavy atom. The van der Waals surface area contributed by atoms with E-state index in [2.05, 4.69) is 20.4 Å². The zero-order chi connectivity index (χ0) is 17.1. The maximum absolute atomic E-state index is 12.5. The number of hydrogen-bond donors (Lipinski definition) is 1. The molecule has 1 amide bonds. The van der Waals surface area contributed by atoms with Gasteiger partial charge < -0.3 is 14.8 Å². The molecule has 126 valence electrons. The van der Waals surface area contributed by atoms with Crippen LogP contribution in [0.5, 0.6) is 11.5 Å². The third-order valence-corrected chi connectivity index (χ3v) is 3.67. The number of carbonyl (C=O) groups excluding carboxylic acids is 1. The number of hydrogen-bond acceptors (Lipinski definition) is 6. The van der Waals surface area contributed by atoms with E-state index in [0.717, 1.165) is 6.42 Å². The lowest BCUT2D eigenvalue weighted by atomic mass is 10.2. The monoisotopic (exact) mass is 337 g/mol. The number of nitrogens with one attached hydrogen (secondary N) is 1. The minimum Gasteiger partial charge on any atom is -0.490 e. The lowest BCUT2D eigenvalue weighted by molar-refractivity contribution is 0.102. The van der Waals surface area contributed by atoms with Crippen LogP contribution in [0.4, 0.5) is 5.69 Å². The van der Waals surface area contributed by atoms with Crippen molar-refractivity contribution in [1.82, 2.24) is 19.7 Å². The fraction of sp³-hybridized carbons (Fsp3) is 0.176. The molecule has 3 aromatic rings. The Hall–Kier alpha value is -3.42. The highest BCUT2D eigenvalue weighted by Crippen LogP contribution is 2.32. The van der Waals surface area contributed by atoms with E-state index in [9.17, 15) is 4.79 Å². The first-order valence-electron chi connectivity index (χ1n) is 7.82. The Morgan fingerprint density at radius 2 is 2.00 bits per heavy atom. The van der Waals surface area contributed by atoms with Crippen LogP contribution in [-0.4, -0.2) is 38.9 Å². The van der Waals surface area contributed by atoms with Gasteiger partial charge in [-0.25, -0.2) is 14.6 Å². The SMILES string of the molecule is O=C(Nc1ccc2c(c1)OCCCO2)c1ccnc(-n2cncn2)c1. The Balaban J connectivity index is 1.54. The van der Waals surface area contributed by atoms with E-state index in [4.69, 9.17) is 9.47 Å². The smallest absolute Gasteiger partial charge is 0.255 e. The van der Waals surface area contributed by atoms with Crippen molar-refractivity contribution in [2.45, 2.75) is 6.42 Å². The van der Waals surface area contributed by atoms with Crippen LogP contribution >= 0.6 is 0 Å². The van der Waals surface area contributed by atoms with Crippen LogP contribution in [0.1, 0.15) is 16.8 Å². The van der Waals surface area contributed by atoms with Gasteiger partial charge in [-0.2, -0.15) is 5.10 Å². The molecule has 0 spiro atoms. The Kier molecular flexibility index (Phi) is 3.99. The van der Waals surface area contributed by atoms with Crippen LogP contribution in [0.15, 0.2) is 49.2 Å². The topological polar surface area (TPSA) is 91.2 Å². The number of fused-ring (bicyclic) bond motifs is 1. The van der Waals surface area contributed by atoms with Crippen LogP contribution < -0.4 is 14.8 Å². The van der Waals surface area contributed by atoms with Crippen molar-refractivity contribution in [2.75, 3.05) is 18.5 Å². The van der Waals surface area contributed by atoms with Crippen LogP contribution in [0.2, 0.25) is 0 Å². The van der Waals surface area contributed by atoms with E-state index in [0.29, 0.717) is 41.8 Å². The molecule has 0 bridgehead atoms. The summed E-state index contributed by atoms with van der Waals surface area (Å²) in [6.07, 6.45) is 5.32. The molecule has 2 aromatic heterocycles. The largest absolute Gasteiger partial charge is 0.490 e. The molecule has 25 heavy (non-hydrogen) atoms. The minimum absolute atomic E-state index is 0.252. The maximum atomic E-state index is 12.5. The molecule has 1 aromatic carbocycles. The Morgan fingerprint density at radius 1 is 1.12 bits per heavy atom. The molecule has 0 aliphatic carbocycles. The standard InChI is InChI=1S/C17H15N5O3/c23-17(12-4-5-19-16(8-12)22-11-18-10-20-22)21-13-2-3-14-15(9-13)25-7-1-6-24-14/h2-5,8-11H,1,6-7H2,(H,21,23). The summed E-state index contributed by atoms with van der Waals surface area (Å²) in [5.74, 6) is 1.59. The molecule has 0 atom stereocenters. The number of nitrogens with zero attached hydrogens (tertiary/aromatic N) is 4. The number of benzene rings is 1. The number of aromatic nitrogens is 4. The zero-order valence-corrected chi connectivity index (χ0v) is 13.3. The zero-order valence-electron chi connectivity index (χ0n) is 13.3. The van der Waals surface area contributed by atoms with E-state index >= 15 is 0 Å². The molecule has 0 saturated carbocycles. The van der Waals surface area contributed by atoms with E-state index in [1.54, 1.807) is 36.5 Å². The summed E-state index contributed by atoms with van der Waals surface area (Å²) in [6.45, 7) is 1.22. The van der Waals surface area contributed by atoms with Gasteiger partial charge in [0.05, 0.1) is 13.2 Å². The second-order valence-electron chi connectivity index (χ2n) is 5.41. The predicted molar refractivity (Wildman–Crippen MR) is 89.2 cm³/mol. The molecule has 8 heteroatoms. The normalized spacial score (nSPS) is 13.1. The van der Waals surface area contributed by atoms with Crippen molar-refractivity contribution in [1.29, 1.82) is 0 Å². The van der Waals surface area contributed by atoms with Crippen molar-refractivity contribution in [2.24, 2.45) is 0 Å². The predicted octanol–water partition coefficient (Wildman–Crippen LogP) is 2.08. The lowest BCUT2D eigenvalue weighted by Crippen LogP contribution is -2.13. The number of ether oxygens (including phenoxy) is 2. The molecular formula is C17H15N5O3. The minimum atomic E-state index is -0.252. The first kappa shape index (κ1) is 15.1. The fourth-order valence-electron chi connectivity index (χ4n) is 2.46. The number of carbonyl (C=O) groups is 1. The average molecular weight is 337 g/mol. The fourth-order valence-corrected chi connectivity index (χ4v) is 2.46. The molecule has 0 radical (unpaired) electrons. The molecule has 4 rings (SSSR count). The molecule has 0 fully saturated rings. The Bertz CT molecular complexity index is 895. The lowest BCUT2D eigenvalue weighted by Gasteiger charge is -2.10. The van der Waals surface area contributed by atoms with Gasteiger partial charge in [0.2, 0.25) is 0 Å². The number of anilines is 1. The number of amides is 1.